The Morgan fingerprint density at radius 2 is 1.88 bits per heavy atom. The van der Waals surface area contributed by atoms with E-state index in [1.807, 2.05) is 26.0 Å². The summed E-state index contributed by atoms with van der Waals surface area (Å²) < 4.78 is 0. The summed E-state index contributed by atoms with van der Waals surface area (Å²) in [4.78, 5) is 18.7. The van der Waals surface area contributed by atoms with E-state index in [4.69, 9.17) is 11.6 Å². The lowest BCUT2D eigenvalue weighted by atomic mass is 10.1. The van der Waals surface area contributed by atoms with Crippen molar-refractivity contribution >= 4 is 11.6 Å². The number of halogens is 1. The number of H-pyrrole nitrogens is 1. The number of aromatic amines is 1. The fourth-order valence-electron chi connectivity index (χ4n) is 1.52. The highest BCUT2D eigenvalue weighted by Gasteiger charge is 2.06. The lowest BCUT2D eigenvalue weighted by molar-refractivity contribution is 0.768. The molecule has 2 rings (SSSR count). The molecule has 0 saturated heterocycles. The summed E-state index contributed by atoms with van der Waals surface area (Å²) >= 11 is 5.82. The van der Waals surface area contributed by atoms with E-state index in [1.165, 1.54) is 6.07 Å². The highest BCUT2D eigenvalue weighted by Crippen LogP contribution is 2.19. The number of hydrogen-bond donors (Lipinski definition) is 1. The number of benzene rings is 1. The third kappa shape index (κ3) is 2.74. The van der Waals surface area contributed by atoms with E-state index < -0.39 is 0 Å². The first kappa shape index (κ1) is 11.9. The summed E-state index contributed by atoms with van der Waals surface area (Å²) in [6.45, 7) is 3.98. The van der Waals surface area contributed by atoms with Crippen molar-refractivity contribution in [1.29, 1.82) is 0 Å². The van der Waals surface area contributed by atoms with E-state index in [1.54, 1.807) is 12.1 Å². The van der Waals surface area contributed by atoms with Gasteiger partial charge in [-0.2, -0.15) is 0 Å². The highest BCUT2D eigenvalue weighted by molar-refractivity contribution is 6.30. The van der Waals surface area contributed by atoms with Gasteiger partial charge in [-0.05, 0) is 12.1 Å². The van der Waals surface area contributed by atoms with Crippen LogP contribution in [-0.2, 0) is 0 Å². The number of rotatable bonds is 2. The molecule has 0 aliphatic carbocycles. The van der Waals surface area contributed by atoms with Crippen molar-refractivity contribution in [3.05, 3.63) is 51.5 Å². The van der Waals surface area contributed by atoms with Crippen LogP contribution in [0.4, 0.5) is 0 Å². The Bertz CT molecular complexity index is 573. The standard InChI is InChI=1S/C13H13ClN2O/c1-8(2)13-15-11(7-12(17)16-13)9-3-5-10(14)6-4-9/h3-8H,1-2H3,(H,15,16,17). The molecule has 0 aliphatic heterocycles. The number of aromatic nitrogens is 2. The zero-order valence-electron chi connectivity index (χ0n) is 9.70. The van der Waals surface area contributed by atoms with Crippen LogP contribution in [0, 0.1) is 0 Å². The normalized spacial score (nSPS) is 10.8. The van der Waals surface area contributed by atoms with Crippen LogP contribution in [0.5, 0.6) is 0 Å². The third-order valence-electron chi connectivity index (χ3n) is 2.45. The molecule has 0 atom stereocenters. The summed E-state index contributed by atoms with van der Waals surface area (Å²) in [7, 11) is 0. The van der Waals surface area contributed by atoms with Gasteiger partial charge >= 0.3 is 0 Å². The maximum Gasteiger partial charge on any atom is 0.251 e. The predicted molar refractivity (Wildman–Crippen MR) is 69.4 cm³/mol. The third-order valence-corrected chi connectivity index (χ3v) is 2.70. The summed E-state index contributed by atoms with van der Waals surface area (Å²) in [6.07, 6.45) is 0. The van der Waals surface area contributed by atoms with Gasteiger partial charge in [-0.15, -0.1) is 0 Å². The first-order valence-corrected chi connectivity index (χ1v) is 5.81. The molecule has 0 spiro atoms. The monoisotopic (exact) mass is 248 g/mol. The van der Waals surface area contributed by atoms with Gasteiger partial charge in [0, 0.05) is 22.6 Å². The largest absolute Gasteiger partial charge is 0.310 e. The summed E-state index contributed by atoms with van der Waals surface area (Å²) in [5.74, 6) is 0.886. The second kappa shape index (κ2) is 4.72. The van der Waals surface area contributed by atoms with Crippen molar-refractivity contribution in [3.8, 4) is 11.3 Å². The molecule has 0 bridgehead atoms. The van der Waals surface area contributed by atoms with Crippen LogP contribution in [0.25, 0.3) is 11.3 Å². The van der Waals surface area contributed by atoms with E-state index >= 15 is 0 Å². The Hall–Kier alpha value is -1.61. The zero-order chi connectivity index (χ0) is 12.4. The molecule has 1 aromatic heterocycles. The number of nitrogens with zero attached hydrogens (tertiary/aromatic N) is 1. The van der Waals surface area contributed by atoms with Crippen LogP contribution >= 0.6 is 11.6 Å². The van der Waals surface area contributed by atoms with E-state index in [0.29, 0.717) is 16.5 Å². The Balaban J connectivity index is 2.52. The lowest BCUT2D eigenvalue weighted by Crippen LogP contribution is -2.12. The molecule has 88 valence electrons. The predicted octanol–water partition coefficient (Wildman–Crippen LogP) is 3.21. The molecule has 0 unspecified atom stereocenters. The van der Waals surface area contributed by atoms with Crippen LogP contribution in [0.1, 0.15) is 25.6 Å². The maximum absolute atomic E-state index is 11.5. The molecule has 3 nitrogen and oxygen atoms in total. The SMILES string of the molecule is CC(C)c1nc(-c2ccc(Cl)cc2)cc(=O)[nH]1. The van der Waals surface area contributed by atoms with Crippen LogP contribution < -0.4 is 5.56 Å². The van der Waals surface area contributed by atoms with Crippen molar-refractivity contribution in [3.63, 3.8) is 0 Å². The Morgan fingerprint density at radius 3 is 2.47 bits per heavy atom. The summed E-state index contributed by atoms with van der Waals surface area (Å²) in [5, 5.41) is 0.669. The minimum Gasteiger partial charge on any atom is -0.310 e. The zero-order valence-corrected chi connectivity index (χ0v) is 10.5. The molecule has 1 N–H and O–H groups in total. The van der Waals surface area contributed by atoms with Gasteiger partial charge in [-0.1, -0.05) is 37.6 Å². The van der Waals surface area contributed by atoms with E-state index in [0.717, 1.165) is 5.56 Å². The molecule has 0 aliphatic rings. The van der Waals surface area contributed by atoms with Crippen LogP contribution in [0.15, 0.2) is 35.1 Å². The van der Waals surface area contributed by atoms with Gasteiger partial charge in [-0.3, -0.25) is 4.79 Å². The average molecular weight is 249 g/mol. The quantitative estimate of drug-likeness (QED) is 0.887. The van der Waals surface area contributed by atoms with Crippen LogP contribution in [-0.4, -0.2) is 9.97 Å². The van der Waals surface area contributed by atoms with Gasteiger partial charge in [0.25, 0.3) is 5.56 Å². The second-order valence-electron chi connectivity index (χ2n) is 4.18. The molecule has 1 heterocycles. The number of nitrogens with one attached hydrogen (secondary N) is 1. The molecule has 17 heavy (non-hydrogen) atoms. The van der Waals surface area contributed by atoms with Gasteiger partial charge in [0.05, 0.1) is 5.69 Å². The van der Waals surface area contributed by atoms with Gasteiger partial charge in [0.15, 0.2) is 0 Å². The Morgan fingerprint density at radius 1 is 1.24 bits per heavy atom. The highest BCUT2D eigenvalue weighted by atomic mass is 35.5. The van der Waals surface area contributed by atoms with Gasteiger partial charge in [0.1, 0.15) is 5.82 Å². The molecule has 4 heteroatoms. The van der Waals surface area contributed by atoms with Crippen molar-refractivity contribution in [1.82, 2.24) is 9.97 Å². The fraction of sp³-hybridized carbons (Fsp3) is 0.231. The van der Waals surface area contributed by atoms with Gasteiger partial charge < -0.3 is 4.98 Å². The van der Waals surface area contributed by atoms with Crippen LogP contribution in [0.3, 0.4) is 0 Å². The fourth-order valence-corrected chi connectivity index (χ4v) is 1.64. The summed E-state index contributed by atoms with van der Waals surface area (Å²) in [5.41, 5.74) is 1.44. The molecule has 0 fully saturated rings. The Kier molecular flexibility index (Phi) is 3.29. The lowest BCUT2D eigenvalue weighted by Gasteiger charge is -2.06. The van der Waals surface area contributed by atoms with Crippen molar-refractivity contribution in [2.24, 2.45) is 0 Å². The van der Waals surface area contributed by atoms with E-state index in [-0.39, 0.29) is 11.5 Å². The molecular formula is C13H13ClN2O. The Labute approximate surface area is 104 Å². The first-order chi connectivity index (χ1) is 8.06. The first-order valence-electron chi connectivity index (χ1n) is 5.43. The molecule has 2 aromatic rings. The topological polar surface area (TPSA) is 45.8 Å². The minimum atomic E-state index is -0.131. The molecule has 0 radical (unpaired) electrons. The van der Waals surface area contributed by atoms with Crippen molar-refractivity contribution < 1.29 is 0 Å². The van der Waals surface area contributed by atoms with Gasteiger partial charge in [0.2, 0.25) is 0 Å². The van der Waals surface area contributed by atoms with E-state index in [9.17, 15) is 4.79 Å². The van der Waals surface area contributed by atoms with Crippen LogP contribution in [0.2, 0.25) is 5.02 Å². The van der Waals surface area contributed by atoms with Crippen molar-refractivity contribution in [2.75, 3.05) is 0 Å². The van der Waals surface area contributed by atoms with E-state index in [2.05, 4.69) is 9.97 Å². The second-order valence-corrected chi connectivity index (χ2v) is 4.61. The molecular weight excluding hydrogens is 236 g/mol. The molecule has 1 aromatic carbocycles. The number of hydrogen-bond acceptors (Lipinski definition) is 2. The average Bonchev–Trinajstić information content (AvgIpc) is 2.29. The minimum absolute atomic E-state index is 0.131. The molecule has 0 amide bonds. The smallest absolute Gasteiger partial charge is 0.251 e. The summed E-state index contributed by atoms with van der Waals surface area (Å²) in [6, 6.07) is 8.78. The van der Waals surface area contributed by atoms with Gasteiger partial charge in [-0.25, -0.2) is 4.98 Å². The van der Waals surface area contributed by atoms with Crippen molar-refractivity contribution in [2.45, 2.75) is 19.8 Å². The maximum atomic E-state index is 11.5. The molecule has 0 saturated carbocycles.